The van der Waals surface area contributed by atoms with E-state index in [1.807, 2.05) is 0 Å². The van der Waals surface area contributed by atoms with Crippen LogP contribution in [0.3, 0.4) is 0 Å². The van der Waals surface area contributed by atoms with Gasteiger partial charge in [-0.15, -0.1) is 0 Å². The van der Waals surface area contributed by atoms with Crippen LogP contribution < -0.4 is 0 Å². The minimum absolute atomic E-state index is 0.0852. The van der Waals surface area contributed by atoms with Crippen LogP contribution in [0.15, 0.2) is 21.6 Å². The van der Waals surface area contributed by atoms with Gasteiger partial charge in [-0.2, -0.15) is 0 Å². The van der Waals surface area contributed by atoms with E-state index in [9.17, 15) is 22.4 Å². The van der Waals surface area contributed by atoms with Crippen molar-refractivity contribution in [2.75, 3.05) is 27.2 Å². The molecule has 1 aromatic heterocycles. The molecule has 0 bridgehead atoms. The summed E-state index contributed by atoms with van der Waals surface area (Å²) in [7, 11) is -1.20. The van der Waals surface area contributed by atoms with Gasteiger partial charge in [0.05, 0.1) is 6.54 Å². The van der Waals surface area contributed by atoms with Crippen LogP contribution in [0, 0.1) is 0 Å². The molecular formula is C12H15FN2O6S. The maximum absolute atomic E-state index is 13.9. The number of rotatable bonds is 4. The number of carbonyl (C=O) groups is 2. The third kappa shape index (κ3) is 2.71. The number of halogens is 1. The molecule has 0 radical (unpaired) electrons. The van der Waals surface area contributed by atoms with Gasteiger partial charge >= 0.3 is 5.97 Å². The van der Waals surface area contributed by atoms with E-state index >= 15 is 0 Å². The maximum atomic E-state index is 13.9. The number of hydrogen-bond acceptors (Lipinski definition) is 5. The van der Waals surface area contributed by atoms with Crippen molar-refractivity contribution in [3.05, 3.63) is 17.9 Å². The lowest BCUT2D eigenvalue weighted by molar-refractivity contribution is -0.149. The van der Waals surface area contributed by atoms with E-state index in [1.54, 1.807) is 0 Å². The molecule has 1 aliphatic rings. The Labute approximate surface area is 126 Å². The van der Waals surface area contributed by atoms with E-state index in [1.165, 1.54) is 14.1 Å². The van der Waals surface area contributed by atoms with Crippen LogP contribution in [0.4, 0.5) is 4.39 Å². The smallest absolute Gasteiger partial charge is 0.343 e. The number of carbonyl (C=O) groups excluding carboxylic acids is 1. The topological polar surface area (TPSA) is 108 Å². The molecular weight excluding hydrogens is 319 g/mol. The average Bonchev–Trinajstić information content (AvgIpc) is 3.05. The van der Waals surface area contributed by atoms with E-state index in [-0.39, 0.29) is 18.7 Å². The zero-order chi connectivity index (χ0) is 16.7. The zero-order valence-corrected chi connectivity index (χ0v) is 12.8. The quantitative estimate of drug-likeness (QED) is 0.841. The minimum atomic E-state index is -3.82. The Hall–Kier alpha value is -1.94. The number of carboxylic acid groups (broad SMARTS) is 1. The second-order valence-electron chi connectivity index (χ2n) is 5.15. The summed E-state index contributed by atoms with van der Waals surface area (Å²) in [6, 6.07) is 2.29. The van der Waals surface area contributed by atoms with E-state index in [2.05, 4.69) is 0 Å². The molecule has 1 aliphatic heterocycles. The molecule has 0 spiro atoms. The van der Waals surface area contributed by atoms with Gasteiger partial charge in [0.25, 0.3) is 15.9 Å². The maximum Gasteiger partial charge on any atom is 0.343 e. The van der Waals surface area contributed by atoms with Crippen LogP contribution >= 0.6 is 0 Å². The highest BCUT2D eigenvalue weighted by molar-refractivity contribution is 7.88. The molecule has 0 saturated carbocycles. The molecule has 2 heterocycles. The molecule has 122 valence electrons. The van der Waals surface area contributed by atoms with Gasteiger partial charge in [0.15, 0.2) is 5.76 Å². The number of carboxylic acids is 1. The molecule has 8 nitrogen and oxygen atoms in total. The summed E-state index contributed by atoms with van der Waals surface area (Å²) in [5.74, 6) is -2.66. The van der Waals surface area contributed by atoms with E-state index in [4.69, 9.17) is 9.52 Å². The molecule has 1 atom stereocenters. The van der Waals surface area contributed by atoms with Crippen LogP contribution in [-0.4, -0.2) is 67.5 Å². The largest absolute Gasteiger partial charge is 0.479 e. The molecule has 10 heteroatoms. The van der Waals surface area contributed by atoms with Crippen LogP contribution in [0.5, 0.6) is 0 Å². The highest BCUT2D eigenvalue weighted by Crippen LogP contribution is 2.28. The van der Waals surface area contributed by atoms with Crippen molar-refractivity contribution < 1.29 is 31.9 Å². The Balaban J connectivity index is 2.19. The number of sulfonamides is 1. The third-order valence-corrected chi connectivity index (χ3v) is 5.11. The Morgan fingerprint density at radius 3 is 2.55 bits per heavy atom. The summed E-state index contributed by atoms with van der Waals surface area (Å²) in [6.07, 6.45) is -0.322. The Kier molecular flexibility index (Phi) is 4.00. The highest BCUT2D eigenvalue weighted by Gasteiger charge is 2.47. The first-order valence-corrected chi connectivity index (χ1v) is 7.76. The normalized spacial score (nSPS) is 22.3. The van der Waals surface area contributed by atoms with Crippen molar-refractivity contribution in [2.24, 2.45) is 0 Å². The number of likely N-dealkylation sites (tertiary alicyclic amines) is 1. The summed E-state index contributed by atoms with van der Waals surface area (Å²) >= 11 is 0. The van der Waals surface area contributed by atoms with Gasteiger partial charge in [0.1, 0.15) is 0 Å². The second-order valence-corrected chi connectivity index (χ2v) is 7.24. The SMILES string of the molecule is CN(C)S(=O)(=O)c1ccc(C(=O)N2CCC(F)(C(=O)O)C2)o1. The molecule has 1 aromatic rings. The summed E-state index contributed by atoms with van der Waals surface area (Å²) in [6.45, 7) is -0.685. The van der Waals surface area contributed by atoms with Crippen LogP contribution in [-0.2, 0) is 14.8 Å². The number of hydrogen-bond donors (Lipinski definition) is 1. The van der Waals surface area contributed by atoms with E-state index in [0.29, 0.717) is 0 Å². The van der Waals surface area contributed by atoms with Gasteiger partial charge in [-0.1, -0.05) is 0 Å². The predicted molar refractivity (Wildman–Crippen MR) is 71.6 cm³/mol. The van der Waals surface area contributed by atoms with E-state index in [0.717, 1.165) is 21.3 Å². The average molecular weight is 334 g/mol. The van der Waals surface area contributed by atoms with Crippen LogP contribution in [0.1, 0.15) is 17.0 Å². The molecule has 0 aliphatic carbocycles. The molecule has 1 saturated heterocycles. The van der Waals surface area contributed by atoms with Crippen molar-refractivity contribution in [1.82, 2.24) is 9.21 Å². The number of alkyl halides is 1. The lowest BCUT2D eigenvalue weighted by atomic mass is 10.1. The standard InChI is InChI=1S/C12H15FN2O6S/c1-14(2)22(19,20)9-4-3-8(21-9)10(16)15-6-5-12(13,7-15)11(17)18/h3-4H,5-7H2,1-2H3,(H,17,18). The van der Waals surface area contributed by atoms with Crippen LogP contribution in [0.2, 0.25) is 0 Å². The van der Waals surface area contributed by atoms with Gasteiger partial charge in [-0.3, -0.25) is 4.79 Å². The Morgan fingerprint density at radius 1 is 1.41 bits per heavy atom. The molecule has 1 amide bonds. The number of aliphatic carboxylic acids is 1. The number of amides is 1. The van der Waals surface area contributed by atoms with Crippen molar-refractivity contribution in [3.8, 4) is 0 Å². The molecule has 1 N–H and O–H groups in total. The van der Waals surface area contributed by atoms with E-state index < -0.39 is 39.2 Å². The van der Waals surface area contributed by atoms with Gasteiger partial charge in [0, 0.05) is 27.1 Å². The highest BCUT2D eigenvalue weighted by atomic mass is 32.2. The fraction of sp³-hybridized carbons (Fsp3) is 0.500. The van der Waals surface area contributed by atoms with Crippen molar-refractivity contribution in [2.45, 2.75) is 17.2 Å². The first-order chi connectivity index (χ1) is 10.1. The molecule has 1 unspecified atom stereocenters. The Bertz CT molecular complexity index is 713. The number of furan rings is 1. The third-order valence-electron chi connectivity index (χ3n) is 3.42. The van der Waals surface area contributed by atoms with Gasteiger partial charge in [-0.05, 0) is 12.1 Å². The summed E-state index contributed by atoms with van der Waals surface area (Å²) in [5, 5.41) is 8.38. The fourth-order valence-corrected chi connectivity index (χ4v) is 2.83. The first-order valence-electron chi connectivity index (χ1n) is 6.32. The monoisotopic (exact) mass is 334 g/mol. The molecule has 0 aromatic carbocycles. The summed E-state index contributed by atoms with van der Waals surface area (Å²) < 4.78 is 43.6. The van der Waals surface area contributed by atoms with Crippen molar-refractivity contribution in [1.29, 1.82) is 0 Å². The minimum Gasteiger partial charge on any atom is -0.479 e. The summed E-state index contributed by atoms with van der Waals surface area (Å²) in [4.78, 5) is 23.9. The first kappa shape index (κ1) is 16.4. The van der Waals surface area contributed by atoms with Crippen molar-refractivity contribution in [3.63, 3.8) is 0 Å². The predicted octanol–water partition coefficient (Wildman–Crippen LogP) is 0.169. The van der Waals surface area contributed by atoms with Gasteiger partial charge in [-0.25, -0.2) is 21.9 Å². The molecule has 1 fully saturated rings. The second kappa shape index (κ2) is 5.36. The fourth-order valence-electron chi connectivity index (χ4n) is 2.03. The molecule has 22 heavy (non-hydrogen) atoms. The van der Waals surface area contributed by atoms with Crippen LogP contribution in [0.25, 0.3) is 0 Å². The Morgan fingerprint density at radius 2 is 2.05 bits per heavy atom. The van der Waals surface area contributed by atoms with Gasteiger partial charge in [0.2, 0.25) is 10.8 Å². The lowest BCUT2D eigenvalue weighted by Crippen LogP contribution is -2.38. The number of nitrogens with zero attached hydrogens (tertiary/aromatic N) is 2. The molecule has 2 rings (SSSR count). The summed E-state index contributed by atoms with van der Waals surface area (Å²) in [5.41, 5.74) is -2.49. The van der Waals surface area contributed by atoms with Crippen molar-refractivity contribution >= 4 is 21.9 Å². The van der Waals surface area contributed by atoms with Gasteiger partial charge < -0.3 is 14.4 Å². The lowest BCUT2D eigenvalue weighted by Gasteiger charge is -2.16. The zero-order valence-electron chi connectivity index (χ0n) is 11.9.